The molecule has 3 rings (SSSR count). The van der Waals surface area contributed by atoms with E-state index >= 15 is 0 Å². The van der Waals surface area contributed by atoms with E-state index in [4.69, 9.17) is 16.3 Å². The number of thioether (sulfide) groups is 1. The van der Waals surface area contributed by atoms with Gasteiger partial charge in [0.2, 0.25) is 11.8 Å². The topological polar surface area (TPSA) is 58.6 Å². The van der Waals surface area contributed by atoms with Gasteiger partial charge in [-0.2, -0.15) is 0 Å². The number of carbonyl (C=O) groups excluding carboxylic acids is 2. The van der Waals surface area contributed by atoms with E-state index in [2.05, 4.69) is 5.32 Å². The SMILES string of the molecule is CC[C@H](C)NC(=O)[C@H](Cc1ccccc1)N(Cc1cccc(OC)c1)C(=O)CSCc1ccccc1Cl. The van der Waals surface area contributed by atoms with Gasteiger partial charge in [0.1, 0.15) is 11.8 Å². The average Bonchev–Trinajstić information content (AvgIpc) is 2.92. The van der Waals surface area contributed by atoms with E-state index in [0.717, 1.165) is 23.1 Å². The average molecular weight is 539 g/mol. The van der Waals surface area contributed by atoms with Crippen molar-refractivity contribution in [1.82, 2.24) is 10.2 Å². The Hall–Kier alpha value is -2.96. The van der Waals surface area contributed by atoms with Crippen molar-refractivity contribution in [2.45, 2.75) is 51.1 Å². The number of hydrogen-bond donors (Lipinski definition) is 1. The maximum Gasteiger partial charge on any atom is 0.243 e. The zero-order valence-electron chi connectivity index (χ0n) is 21.7. The number of rotatable bonds is 13. The fourth-order valence-electron chi connectivity index (χ4n) is 3.91. The second kappa shape index (κ2) is 14.7. The number of ether oxygens (including phenoxy) is 1. The first-order valence-electron chi connectivity index (χ1n) is 12.5. The highest BCUT2D eigenvalue weighted by atomic mass is 35.5. The fourth-order valence-corrected chi connectivity index (χ4v) is 5.11. The summed E-state index contributed by atoms with van der Waals surface area (Å²) in [5, 5.41) is 3.79. The van der Waals surface area contributed by atoms with Crippen LogP contribution in [0.2, 0.25) is 5.02 Å². The van der Waals surface area contributed by atoms with Crippen LogP contribution in [-0.2, 0) is 28.3 Å². The number of benzene rings is 3. The van der Waals surface area contributed by atoms with Crippen LogP contribution in [0.3, 0.4) is 0 Å². The van der Waals surface area contributed by atoms with Gasteiger partial charge >= 0.3 is 0 Å². The molecule has 0 spiro atoms. The summed E-state index contributed by atoms with van der Waals surface area (Å²) in [7, 11) is 1.62. The van der Waals surface area contributed by atoms with Gasteiger partial charge in [0.25, 0.3) is 0 Å². The van der Waals surface area contributed by atoms with Crippen LogP contribution in [0.5, 0.6) is 5.75 Å². The summed E-state index contributed by atoms with van der Waals surface area (Å²) in [4.78, 5) is 29.0. The first kappa shape index (κ1) is 28.6. The van der Waals surface area contributed by atoms with E-state index in [-0.39, 0.29) is 23.6 Å². The highest BCUT2D eigenvalue weighted by Gasteiger charge is 2.31. The normalized spacial score (nSPS) is 12.4. The van der Waals surface area contributed by atoms with Crippen molar-refractivity contribution >= 4 is 35.2 Å². The van der Waals surface area contributed by atoms with E-state index in [1.165, 1.54) is 11.8 Å². The van der Waals surface area contributed by atoms with Gasteiger partial charge in [0, 0.05) is 29.8 Å². The highest BCUT2D eigenvalue weighted by Crippen LogP contribution is 2.23. The molecule has 0 bridgehead atoms. The minimum atomic E-state index is -0.656. The van der Waals surface area contributed by atoms with Crippen molar-refractivity contribution in [3.8, 4) is 5.75 Å². The Kier molecular flexibility index (Phi) is 11.4. The lowest BCUT2D eigenvalue weighted by Crippen LogP contribution is -2.52. The van der Waals surface area contributed by atoms with E-state index in [1.54, 1.807) is 12.0 Å². The molecule has 5 nitrogen and oxygen atoms in total. The lowest BCUT2D eigenvalue weighted by Gasteiger charge is -2.32. The van der Waals surface area contributed by atoms with Gasteiger partial charge in [0.15, 0.2) is 0 Å². The smallest absolute Gasteiger partial charge is 0.243 e. The van der Waals surface area contributed by atoms with Gasteiger partial charge in [-0.15, -0.1) is 11.8 Å². The molecular weight excluding hydrogens is 504 g/mol. The lowest BCUT2D eigenvalue weighted by atomic mass is 10.0. The van der Waals surface area contributed by atoms with Crippen LogP contribution in [0, 0.1) is 0 Å². The molecule has 0 aliphatic carbocycles. The van der Waals surface area contributed by atoms with E-state index in [9.17, 15) is 9.59 Å². The predicted octanol–water partition coefficient (Wildman–Crippen LogP) is 6.14. The van der Waals surface area contributed by atoms with Crippen LogP contribution in [0.1, 0.15) is 37.0 Å². The molecule has 0 fully saturated rings. The van der Waals surface area contributed by atoms with Crippen LogP contribution < -0.4 is 10.1 Å². The number of methoxy groups -OCH3 is 1. The van der Waals surface area contributed by atoms with Gasteiger partial charge in [-0.25, -0.2) is 0 Å². The molecule has 3 aromatic rings. The third-order valence-electron chi connectivity index (χ3n) is 6.20. The third kappa shape index (κ3) is 8.83. The summed E-state index contributed by atoms with van der Waals surface area (Å²) in [5.74, 6) is 1.31. The molecule has 0 unspecified atom stereocenters. The Labute approximate surface area is 229 Å². The molecule has 2 atom stereocenters. The number of halogens is 1. The number of amides is 2. The summed E-state index contributed by atoms with van der Waals surface area (Å²) in [5.41, 5.74) is 2.88. The van der Waals surface area contributed by atoms with E-state index in [0.29, 0.717) is 29.5 Å². The second-order valence-electron chi connectivity index (χ2n) is 8.98. The zero-order chi connectivity index (χ0) is 26.6. The van der Waals surface area contributed by atoms with Crippen LogP contribution in [0.4, 0.5) is 0 Å². The Morgan fingerprint density at radius 3 is 2.41 bits per heavy atom. The Bertz CT molecular complexity index is 1160. The van der Waals surface area contributed by atoms with Gasteiger partial charge in [0.05, 0.1) is 12.9 Å². The molecule has 196 valence electrons. The lowest BCUT2D eigenvalue weighted by molar-refractivity contribution is -0.139. The molecule has 0 saturated carbocycles. The maximum atomic E-state index is 13.7. The van der Waals surface area contributed by atoms with Gasteiger partial charge < -0.3 is 15.0 Å². The summed E-state index contributed by atoms with van der Waals surface area (Å²) >= 11 is 7.81. The zero-order valence-corrected chi connectivity index (χ0v) is 23.2. The molecule has 2 amide bonds. The van der Waals surface area contributed by atoms with Gasteiger partial charge in [-0.1, -0.05) is 79.2 Å². The van der Waals surface area contributed by atoms with Gasteiger partial charge in [-0.05, 0) is 48.2 Å². The minimum Gasteiger partial charge on any atom is -0.497 e. The Morgan fingerprint density at radius 2 is 1.70 bits per heavy atom. The third-order valence-corrected chi connectivity index (χ3v) is 7.54. The van der Waals surface area contributed by atoms with Crippen LogP contribution in [0.15, 0.2) is 78.9 Å². The Balaban J connectivity index is 1.88. The molecule has 0 heterocycles. The van der Waals surface area contributed by atoms with Crippen LogP contribution in [0.25, 0.3) is 0 Å². The molecule has 7 heteroatoms. The molecule has 0 aliphatic heterocycles. The molecule has 37 heavy (non-hydrogen) atoms. The molecular formula is C30H35ClN2O3S. The molecule has 0 aromatic heterocycles. The van der Waals surface area contributed by atoms with Crippen molar-refractivity contribution in [3.05, 3.63) is 101 Å². The maximum absolute atomic E-state index is 13.7. The number of nitrogens with one attached hydrogen (secondary N) is 1. The minimum absolute atomic E-state index is 0.00847. The van der Waals surface area contributed by atoms with Crippen molar-refractivity contribution in [2.75, 3.05) is 12.9 Å². The summed E-state index contributed by atoms with van der Waals surface area (Å²) < 4.78 is 5.39. The first-order valence-corrected chi connectivity index (χ1v) is 14.0. The van der Waals surface area contributed by atoms with Crippen molar-refractivity contribution in [3.63, 3.8) is 0 Å². The number of nitrogens with zero attached hydrogens (tertiary/aromatic N) is 1. The number of carbonyl (C=O) groups is 2. The quantitative estimate of drug-likeness (QED) is 0.284. The largest absolute Gasteiger partial charge is 0.497 e. The number of hydrogen-bond acceptors (Lipinski definition) is 4. The fraction of sp³-hybridized carbons (Fsp3) is 0.333. The molecule has 0 saturated heterocycles. The molecule has 3 aromatic carbocycles. The standard InChI is InChI=1S/C30H35ClN2O3S/c1-4-22(2)32-30(35)28(18-23-11-6-5-7-12-23)33(19-24-13-10-15-26(17-24)36-3)29(34)21-37-20-25-14-8-9-16-27(25)31/h5-17,22,28H,4,18-21H2,1-3H3,(H,32,35)/t22-,28-/m0/s1. The van der Waals surface area contributed by atoms with Crippen LogP contribution >= 0.6 is 23.4 Å². The van der Waals surface area contributed by atoms with Crippen molar-refractivity contribution < 1.29 is 14.3 Å². The molecule has 0 aliphatic rings. The predicted molar refractivity (Wildman–Crippen MR) is 153 cm³/mol. The van der Waals surface area contributed by atoms with Crippen molar-refractivity contribution in [2.24, 2.45) is 0 Å². The van der Waals surface area contributed by atoms with Crippen molar-refractivity contribution in [1.29, 1.82) is 0 Å². The van der Waals surface area contributed by atoms with Gasteiger partial charge in [-0.3, -0.25) is 9.59 Å². The second-order valence-corrected chi connectivity index (χ2v) is 10.4. The molecule has 1 N–H and O–H groups in total. The summed E-state index contributed by atoms with van der Waals surface area (Å²) in [6.07, 6.45) is 1.23. The molecule has 0 radical (unpaired) electrons. The van der Waals surface area contributed by atoms with E-state index < -0.39 is 6.04 Å². The highest BCUT2D eigenvalue weighted by molar-refractivity contribution is 7.99. The summed E-state index contributed by atoms with van der Waals surface area (Å²) in [6.45, 7) is 4.31. The summed E-state index contributed by atoms with van der Waals surface area (Å²) in [6, 6.07) is 24.4. The monoisotopic (exact) mass is 538 g/mol. The van der Waals surface area contributed by atoms with Crippen LogP contribution in [-0.4, -0.2) is 41.7 Å². The van der Waals surface area contributed by atoms with E-state index in [1.807, 2.05) is 92.7 Å². The first-order chi connectivity index (χ1) is 17.9. The Morgan fingerprint density at radius 1 is 1.00 bits per heavy atom.